The van der Waals surface area contributed by atoms with Gasteiger partial charge in [0.15, 0.2) is 0 Å². The lowest BCUT2D eigenvalue weighted by Gasteiger charge is -2.24. The van der Waals surface area contributed by atoms with Crippen LogP contribution in [0.3, 0.4) is 0 Å². The van der Waals surface area contributed by atoms with Crippen molar-refractivity contribution in [3.63, 3.8) is 0 Å². The third-order valence-electron chi connectivity index (χ3n) is 2.66. The highest BCUT2D eigenvalue weighted by atomic mass is 16.5. The Balaban J connectivity index is 2.48. The van der Waals surface area contributed by atoms with Gasteiger partial charge in [-0.3, -0.25) is 0 Å². The van der Waals surface area contributed by atoms with Crippen LogP contribution in [0.5, 0.6) is 0 Å². The van der Waals surface area contributed by atoms with Crippen LogP contribution in [-0.4, -0.2) is 22.4 Å². The second-order valence-corrected chi connectivity index (χ2v) is 4.56. The SMILES string of the molecule is CCOC(C)(C)CCc1ccc(CC)nn1. The maximum Gasteiger partial charge on any atom is 0.0632 e. The van der Waals surface area contributed by atoms with Gasteiger partial charge >= 0.3 is 0 Å². The second kappa shape index (κ2) is 5.94. The molecule has 1 aromatic rings. The van der Waals surface area contributed by atoms with E-state index in [-0.39, 0.29) is 5.60 Å². The van der Waals surface area contributed by atoms with Crippen LogP contribution in [0.2, 0.25) is 0 Å². The number of hydrogen-bond acceptors (Lipinski definition) is 3. The van der Waals surface area contributed by atoms with Gasteiger partial charge in [-0.2, -0.15) is 10.2 Å². The number of hydrogen-bond donors (Lipinski definition) is 0. The molecule has 1 rings (SSSR count). The predicted octanol–water partition coefficient (Wildman–Crippen LogP) is 2.79. The van der Waals surface area contributed by atoms with Crippen molar-refractivity contribution in [2.75, 3.05) is 6.61 Å². The molecule has 0 aliphatic rings. The number of rotatable bonds is 6. The van der Waals surface area contributed by atoms with Crippen molar-refractivity contribution in [1.82, 2.24) is 10.2 Å². The summed E-state index contributed by atoms with van der Waals surface area (Å²) >= 11 is 0. The van der Waals surface area contributed by atoms with Crippen molar-refractivity contribution >= 4 is 0 Å². The van der Waals surface area contributed by atoms with Gasteiger partial charge in [-0.05, 0) is 52.2 Å². The molecular weight excluding hydrogens is 200 g/mol. The Morgan fingerprint density at radius 2 is 1.75 bits per heavy atom. The van der Waals surface area contributed by atoms with Gasteiger partial charge in [0.2, 0.25) is 0 Å². The molecule has 0 aliphatic carbocycles. The number of aryl methyl sites for hydroxylation is 2. The van der Waals surface area contributed by atoms with E-state index >= 15 is 0 Å². The quantitative estimate of drug-likeness (QED) is 0.742. The summed E-state index contributed by atoms with van der Waals surface area (Å²) in [6.45, 7) is 9.10. The smallest absolute Gasteiger partial charge is 0.0632 e. The molecule has 0 saturated carbocycles. The van der Waals surface area contributed by atoms with Gasteiger partial charge in [0.1, 0.15) is 0 Å². The van der Waals surface area contributed by atoms with Gasteiger partial charge < -0.3 is 4.74 Å². The topological polar surface area (TPSA) is 35.0 Å². The standard InChI is InChI=1S/C13H22N2O/c1-5-11-7-8-12(15-14-11)9-10-13(3,4)16-6-2/h7-8H,5-6,9-10H2,1-4H3. The van der Waals surface area contributed by atoms with Crippen LogP contribution in [0.4, 0.5) is 0 Å². The van der Waals surface area contributed by atoms with E-state index in [1.165, 1.54) is 0 Å². The van der Waals surface area contributed by atoms with Crippen molar-refractivity contribution < 1.29 is 4.74 Å². The third-order valence-corrected chi connectivity index (χ3v) is 2.66. The minimum absolute atomic E-state index is 0.0696. The molecule has 0 fully saturated rings. The van der Waals surface area contributed by atoms with Gasteiger partial charge in [-0.15, -0.1) is 0 Å². The summed E-state index contributed by atoms with van der Waals surface area (Å²) in [6, 6.07) is 4.11. The Kier molecular flexibility index (Phi) is 4.87. The van der Waals surface area contributed by atoms with E-state index < -0.39 is 0 Å². The molecule has 0 atom stereocenters. The predicted molar refractivity (Wildman–Crippen MR) is 65.4 cm³/mol. The second-order valence-electron chi connectivity index (χ2n) is 4.56. The van der Waals surface area contributed by atoms with Crippen molar-refractivity contribution in [1.29, 1.82) is 0 Å². The molecule has 3 heteroatoms. The van der Waals surface area contributed by atoms with E-state index in [2.05, 4.69) is 43.1 Å². The van der Waals surface area contributed by atoms with Crippen LogP contribution in [0, 0.1) is 0 Å². The Hall–Kier alpha value is -0.960. The fourth-order valence-corrected chi connectivity index (χ4v) is 1.60. The highest BCUT2D eigenvalue weighted by molar-refractivity contribution is 5.07. The van der Waals surface area contributed by atoms with Crippen LogP contribution in [0.1, 0.15) is 45.5 Å². The zero-order valence-electron chi connectivity index (χ0n) is 10.8. The molecule has 0 radical (unpaired) electrons. The third kappa shape index (κ3) is 4.27. The van der Waals surface area contributed by atoms with E-state index in [0.717, 1.165) is 37.3 Å². The summed E-state index contributed by atoms with van der Waals surface area (Å²) in [5.74, 6) is 0. The molecule has 0 saturated heterocycles. The zero-order chi connectivity index (χ0) is 12.0. The normalized spacial score (nSPS) is 11.8. The van der Waals surface area contributed by atoms with E-state index in [9.17, 15) is 0 Å². The lowest BCUT2D eigenvalue weighted by Crippen LogP contribution is -2.25. The zero-order valence-corrected chi connectivity index (χ0v) is 10.8. The van der Waals surface area contributed by atoms with Gasteiger partial charge in [-0.25, -0.2) is 0 Å². The molecule has 0 aliphatic heterocycles. The van der Waals surface area contributed by atoms with Crippen molar-refractivity contribution in [3.8, 4) is 0 Å². The minimum Gasteiger partial charge on any atom is -0.376 e. The summed E-state index contributed by atoms with van der Waals surface area (Å²) in [5, 5.41) is 8.36. The first-order valence-corrected chi connectivity index (χ1v) is 6.03. The van der Waals surface area contributed by atoms with Crippen molar-refractivity contribution in [2.24, 2.45) is 0 Å². The molecule has 0 aromatic carbocycles. The molecule has 3 nitrogen and oxygen atoms in total. The first kappa shape index (κ1) is 13.1. The van der Waals surface area contributed by atoms with Crippen LogP contribution in [0.25, 0.3) is 0 Å². The van der Waals surface area contributed by atoms with Crippen molar-refractivity contribution in [3.05, 3.63) is 23.5 Å². The first-order valence-electron chi connectivity index (χ1n) is 6.03. The van der Waals surface area contributed by atoms with E-state index in [4.69, 9.17) is 4.74 Å². The summed E-state index contributed by atoms with van der Waals surface area (Å²) < 4.78 is 5.65. The molecule has 1 heterocycles. The molecule has 90 valence electrons. The minimum atomic E-state index is -0.0696. The van der Waals surface area contributed by atoms with E-state index in [0.29, 0.717) is 0 Å². The van der Waals surface area contributed by atoms with Gasteiger partial charge in [0.25, 0.3) is 0 Å². The fourth-order valence-electron chi connectivity index (χ4n) is 1.60. The number of ether oxygens (including phenoxy) is 1. The highest BCUT2D eigenvalue weighted by Crippen LogP contribution is 2.16. The molecule has 0 unspecified atom stereocenters. The summed E-state index contributed by atoms with van der Waals surface area (Å²) in [7, 11) is 0. The van der Waals surface area contributed by atoms with Crippen LogP contribution >= 0.6 is 0 Å². The Bertz CT molecular complexity index is 306. The summed E-state index contributed by atoms with van der Waals surface area (Å²) in [4.78, 5) is 0. The molecule has 0 amide bonds. The molecule has 0 spiro atoms. The lowest BCUT2D eigenvalue weighted by molar-refractivity contribution is -0.0160. The molecule has 0 bridgehead atoms. The average molecular weight is 222 g/mol. The number of nitrogens with zero attached hydrogens (tertiary/aromatic N) is 2. The molecular formula is C13H22N2O. The van der Waals surface area contributed by atoms with Gasteiger partial charge in [0.05, 0.1) is 17.0 Å². The Labute approximate surface area is 98.2 Å². The van der Waals surface area contributed by atoms with Crippen LogP contribution < -0.4 is 0 Å². The van der Waals surface area contributed by atoms with Gasteiger partial charge in [-0.1, -0.05) is 6.92 Å². The highest BCUT2D eigenvalue weighted by Gasteiger charge is 2.17. The monoisotopic (exact) mass is 222 g/mol. The van der Waals surface area contributed by atoms with E-state index in [1.54, 1.807) is 0 Å². The first-order chi connectivity index (χ1) is 7.57. The molecule has 1 aromatic heterocycles. The maximum absolute atomic E-state index is 5.65. The lowest BCUT2D eigenvalue weighted by atomic mass is 10.0. The van der Waals surface area contributed by atoms with Crippen molar-refractivity contribution in [2.45, 2.75) is 52.6 Å². The number of aromatic nitrogens is 2. The largest absolute Gasteiger partial charge is 0.376 e. The maximum atomic E-state index is 5.65. The summed E-state index contributed by atoms with van der Waals surface area (Å²) in [6.07, 6.45) is 2.84. The van der Waals surface area contributed by atoms with Crippen LogP contribution in [0.15, 0.2) is 12.1 Å². The Morgan fingerprint density at radius 1 is 1.12 bits per heavy atom. The summed E-state index contributed by atoms with van der Waals surface area (Å²) in [5.41, 5.74) is 2.03. The Morgan fingerprint density at radius 3 is 2.25 bits per heavy atom. The average Bonchev–Trinajstić information content (AvgIpc) is 2.27. The van der Waals surface area contributed by atoms with Crippen LogP contribution in [-0.2, 0) is 17.6 Å². The van der Waals surface area contributed by atoms with Gasteiger partial charge in [0, 0.05) is 6.61 Å². The molecule has 16 heavy (non-hydrogen) atoms. The van der Waals surface area contributed by atoms with E-state index in [1.807, 2.05) is 6.92 Å². The fraction of sp³-hybridized carbons (Fsp3) is 0.692. The molecule has 0 N–H and O–H groups in total.